The van der Waals surface area contributed by atoms with Gasteiger partial charge in [-0.25, -0.2) is 0 Å². The molecular weight excluding hydrogens is 200 g/mol. The number of thioether (sulfide) groups is 1. The zero-order valence-electron chi connectivity index (χ0n) is 9.49. The van der Waals surface area contributed by atoms with Crippen molar-refractivity contribution in [2.45, 2.75) is 31.9 Å². The van der Waals surface area contributed by atoms with Gasteiger partial charge in [0.1, 0.15) is 0 Å². The van der Waals surface area contributed by atoms with Gasteiger partial charge in [-0.15, -0.1) is 0 Å². The summed E-state index contributed by atoms with van der Waals surface area (Å²) in [5.41, 5.74) is 1.44. The first-order valence-electron chi connectivity index (χ1n) is 5.66. The second kappa shape index (κ2) is 8.60. The average Bonchev–Trinajstić information content (AvgIpc) is 2.29. The molecule has 0 radical (unpaired) electrons. The third kappa shape index (κ3) is 6.40. The standard InChI is InChI=1S/C14H20S/c1-2-3-4-5-9-12-15-13-14-10-7-6-8-11-14/h2-3,6-8,10-11H,4-5,9,12-13H2,1H3/b3-2+. The summed E-state index contributed by atoms with van der Waals surface area (Å²) in [6.45, 7) is 2.09. The number of unbranched alkanes of at least 4 members (excludes halogenated alkanes) is 2. The lowest BCUT2D eigenvalue weighted by atomic mass is 10.2. The fourth-order valence-corrected chi connectivity index (χ4v) is 2.38. The maximum Gasteiger partial charge on any atom is 0.0184 e. The summed E-state index contributed by atoms with van der Waals surface area (Å²) in [6.07, 6.45) is 8.29. The molecular formula is C14H20S. The number of allylic oxidation sites excluding steroid dienone is 2. The van der Waals surface area contributed by atoms with E-state index in [1.54, 1.807) is 0 Å². The lowest BCUT2D eigenvalue weighted by molar-refractivity contribution is 0.822. The molecule has 0 aliphatic rings. The van der Waals surface area contributed by atoms with Gasteiger partial charge in [-0.05, 0) is 37.5 Å². The van der Waals surface area contributed by atoms with Crippen LogP contribution in [0.3, 0.4) is 0 Å². The topological polar surface area (TPSA) is 0 Å². The van der Waals surface area contributed by atoms with E-state index < -0.39 is 0 Å². The van der Waals surface area contributed by atoms with Gasteiger partial charge in [-0.2, -0.15) is 11.8 Å². The first kappa shape index (κ1) is 12.4. The highest BCUT2D eigenvalue weighted by Crippen LogP contribution is 2.13. The van der Waals surface area contributed by atoms with Gasteiger partial charge >= 0.3 is 0 Å². The lowest BCUT2D eigenvalue weighted by Crippen LogP contribution is -1.83. The van der Waals surface area contributed by atoms with Crippen LogP contribution < -0.4 is 0 Å². The summed E-state index contributed by atoms with van der Waals surface area (Å²) in [7, 11) is 0. The van der Waals surface area contributed by atoms with Crippen molar-refractivity contribution in [2.24, 2.45) is 0 Å². The maximum absolute atomic E-state index is 2.25. The van der Waals surface area contributed by atoms with Gasteiger partial charge in [0.25, 0.3) is 0 Å². The van der Waals surface area contributed by atoms with E-state index in [4.69, 9.17) is 0 Å². The van der Waals surface area contributed by atoms with Crippen molar-refractivity contribution >= 4 is 11.8 Å². The molecule has 1 rings (SSSR count). The van der Waals surface area contributed by atoms with Crippen LogP contribution >= 0.6 is 11.8 Å². The summed E-state index contributed by atoms with van der Waals surface area (Å²) in [5, 5.41) is 0. The molecule has 0 aliphatic heterocycles. The monoisotopic (exact) mass is 220 g/mol. The quantitative estimate of drug-likeness (QED) is 0.475. The lowest BCUT2D eigenvalue weighted by Gasteiger charge is -2.00. The largest absolute Gasteiger partial charge is 0.157 e. The highest BCUT2D eigenvalue weighted by molar-refractivity contribution is 7.98. The number of benzene rings is 1. The molecule has 0 fully saturated rings. The van der Waals surface area contributed by atoms with Crippen LogP contribution in [-0.2, 0) is 5.75 Å². The van der Waals surface area contributed by atoms with Crippen LogP contribution in [0.25, 0.3) is 0 Å². The Labute approximate surface area is 97.8 Å². The van der Waals surface area contributed by atoms with Gasteiger partial charge in [0, 0.05) is 5.75 Å². The van der Waals surface area contributed by atoms with Crippen LogP contribution in [0, 0.1) is 0 Å². The Balaban J connectivity index is 1.98. The van der Waals surface area contributed by atoms with Gasteiger partial charge < -0.3 is 0 Å². The Hall–Kier alpha value is -0.690. The number of hydrogen-bond acceptors (Lipinski definition) is 1. The Morgan fingerprint density at radius 3 is 2.67 bits per heavy atom. The highest BCUT2D eigenvalue weighted by Gasteiger charge is 1.92. The van der Waals surface area contributed by atoms with Gasteiger partial charge in [-0.3, -0.25) is 0 Å². The van der Waals surface area contributed by atoms with Crippen LogP contribution in [0.1, 0.15) is 31.7 Å². The highest BCUT2D eigenvalue weighted by atomic mass is 32.2. The Morgan fingerprint density at radius 2 is 1.93 bits per heavy atom. The molecule has 82 valence electrons. The predicted octanol–water partition coefficient (Wildman–Crippen LogP) is 4.67. The summed E-state index contributed by atoms with van der Waals surface area (Å²) in [6, 6.07) is 10.7. The van der Waals surface area contributed by atoms with E-state index in [2.05, 4.69) is 49.4 Å². The Kier molecular flexibility index (Phi) is 7.10. The van der Waals surface area contributed by atoms with Crippen molar-refractivity contribution in [3.63, 3.8) is 0 Å². The first-order valence-corrected chi connectivity index (χ1v) is 6.82. The van der Waals surface area contributed by atoms with E-state index in [0.29, 0.717) is 0 Å². The first-order chi connectivity index (χ1) is 7.43. The van der Waals surface area contributed by atoms with Crippen molar-refractivity contribution in [3.05, 3.63) is 48.0 Å². The van der Waals surface area contributed by atoms with Gasteiger partial charge in [0.2, 0.25) is 0 Å². The van der Waals surface area contributed by atoms with Crippen molar-refractivity contribution in [1.29, 1.82) is 0 Å². The second-order valence-corrected chi connectivity index (χ2v) is 4.71. The molecule has 0 aromatic heterocycles. The molecule has 0 bridgehead atoms. The van der Waals surface area contributed by atoms with Crippen molar-refractivity contribution in [2.75, 3.05) is 5.75 Å². The summed E-state index contributed by atoms with van der Waals surface area (Å²) in [4.78, 5) is 0. The zero-order chi connectivity index (χ0) is 10.8. The molecule has 0 amide bonds. The molecule has 15 heavy (non-hydrogen) atoms. The predicted molar refractivity (Wildman–Crippen MR) is 71.3 cm³/mol. The van der Waals surface area contributed by atoms with E-state index in [1.165, 1.54) is 30.6 Å². The molecule has 0 saturated carbocycles. The van der Waals surface area contributed by atoms with E-state index in [-0.39, 0.29) is 0 Å². The van der Waals surface area contributed by atoms with E-state index in [9.17, 15) is 0 Å². The minimum absolute atomic E-state index is 1.16. The molecule has 0 heterocycles. The summed E-state index contributed by atoms with van der Waals surface area (Å²) < 4.78 is 0. The molecule has 0 saturated heterocycles. The maximum atomic E-state index is 2.25. The molecule has 1 aromatic rings. The molecule has 0 atom stereocenters. The van der Waals surface area contributed by atoms with Crippen LogP contribution in [0.4, 0.5) is 0 Å². The molecule has 0 unspecified atom stereocenters. The third-order valence-electron chi connectivity index (χ3n) is 2.26. The van der Waals surface area contributed by atoms with Gasteiger partial charge in [0.15, 0.2) is 0 Å². The normalized spacial score (nSPS) is 11.0. The van der Waals surface area contributed by atoms with E-state index >= 15 is 0 Å². The van der Waals surface area contributed by atoms with E-state index in [0.717, 1.165) is 5.75 Å². The van der Waals surface area contributed by atoms with Crippen LogP contribution in [0.5, 0.6) is 0 Å². The zero-order valence-corrected chi connectivity index (χ0v) is 10.3. The Morgan fingerprint density at radius 1 is 1.13 bits per heavy atom. The second-order valence-electron chi connectivity index (χ2n) is 3.60. The summed E-state index contributed by atoms with van der Waals surface area (Å²) in [5.74, 6) is 2.44. The fraction of sp³-hybridized carbons (Fsp3) is 0.429. The van der Waals surface area contributed by atoms with Crippen molar-refractivity contribution in [1.82, 2.24) is 0 Å². The van der Waals surface area contributed by atoms with Crippen LogP contribution in [0.15, 0.2) is 42.5 Å². The molecule has 0 spiro atoms. The summed E-state index contributed by atoms with van der Waals surface area (Å²) >= 11 is 2.04. The van der Waals surface area contributed by atoms with Crippen molar-refractivity contribution < 1.29 is 0 Å². The van der Waals surface area contributed by atoms with Crippen molar-refractivity contribution in [3.8, 4) is 0 Å². The van der Waals surface area contributed by atoms with Gasteiger partial charge in [0.05, 0.1) is 0 Å². The molecule has 0 N–H and O–H groups in total. The smallest absolute Gasteiger partial charge is 0.0184 e. The third-order valence-corrected chi connectivity index (χ3v) is 3.37. The van der Waals surface area contributed by atoms with Gasteiger partial charge in [-0.1, -0.05) is 42.5 Å². The fourth-order valence-electron chi connectivity index (χ4n) is 1.40. The molecule has 1 heteroatoms. The molecule has 0 aliphatic carbocycles. The SMILES string of the molecule is C/C=C/CCCCSCc1ccccc1. The Bertz CT molecular complexity index is 264. The molecule has 1 aromatic carbocycles. The van der Waals surface area contributed by atoms with Crippen LogP contribution in [0.2, 0.25) is 0 Å². The number of rotatable bonds is 7. The minimum atomic E-state index is 1.16. The van der Waals surface area contributed by atoms with Crippen LogP contribution in [-0.4, -0.2) is 5.75 Å². The molecule has 0 nitrogen and oxygen atoms in total. The average molecular weight is 220 g/mol. The van der Waals surface area contributed by atoms with E-state index in [1.807, 2.05) is 11.8 Å². The minimum Gasteiger partial charge on any atom is -0.157 e. The number of hydrogen-bond donors (Lipinski definition) is 0.